The number of carbonyl (C=O) groups is 1. The molecule has 0 saturated carbocycles. The van der Waals surface area contributed by atoms with Crippen LogP contribution in [0.5, 0.6) is 0 Å². The molecule has 0 radical (unpaired) electrons. The second-order valence-corrected chi connectivity index (χ2v) is 6.16. The number of halogens is 1. The van der Waals surface area contributed by atoms with Gasteiger partial charge in [-0.05, 0) is 43.7 Å². The van der Waals surface area contributed by atoms with Crippen LogP contribution in [-0.4, -0.2) is 28.6 Å². The first-order valence-electron chi connectivity index (χ1n) is 6.95. The minimum Gasteiger partial charge on any atom is -0.480 e. The summed E-state index contributed by atoms with van der Waals surface area (Å²) in [6.45, 7) is 1.36. The zero-order valence-electron chi connectivity index (χ0n) is 11.5. The molecule has 3 rings (SSSR count). The number of rotatable bonds is 4. The van der Waals surface area contributed by atoms with Crippen molar-refractivity contribution in [2.45, 2.75) is 25.4 Å². The molecular formula is C16H16BrNO3. The van der Waals surface area contributed by atoms with Gasteiger partial charge in [0, 0.05) is 10.0 Å². The fourth-order valence-corrected chi connectivity index (χ4v) is 2.99. The number of likely N-dealkylation sites (tertiary alicyclic amines) is 1. The van der Waals surface area contributed by atoms with Crippen LogP contribution in [0.25, 0.3) is 11.3 Å². The van der Waals surface area contributed by atoms with Crippen molar-refractivity contribution in [3.63, 3.8) is 0 Å². The highest BCUT2D eigenvalue weighted by Crippen LogP contribution is 2.26. The van der Waals surface area contributed by atoms with Crippen molar-refractivity contribution < 1.29 is 14.3 Å². The van der Waals surface area contributed by atoms with Crippen LogP contribution in [0.1, 0.15) is 18.6 Å². The fourth-order valence-electron chi connectivity index (χ4n) is 2.73. The molecule has 0 amide bonds. The Labute approximate surface area is 131 Å². The Morgan fingerprint density at radius 2 is 2.05 bits per heavy atom. The summed E-state index contributed by atoms with van der Waals surface area (Å²) in [5, 5.41) is 9.19. The normalized spacial score (nSPS) is 19.0. The van der Waals surface area contributed by atoms with Crippen molar-refractivity contribution >= 4 is 21.9 Å². The van der Waals surface area contributed by atoms with Gasteiger partial charge in [-0.1, -0.05) is 28.1 Å². The van der Waals surface area contributed by atoms with E-state index in [-0.39, 0.29) is 6.04 Å². The maximum atomic E-state index is 11.2. The summed E-state index contributed by atoms with van der Waals surface area (Å²) in [6.07, 6.45) is 1.65. The molecule has 0 bridgehead atoms. The molecule has 21 heavy (non-hydrogen) atoms. The molecule has 1 atom stereocenters. The van der Waals surface area contributed by atoms with E-state index < -0.39 is 5.97 Å². The lowest BCUT2D eigenvalue weighted by Gasteiger charge is -2.19. The van der Waals surface area contributed by atoms with E-state index in [1.54, 1.807) is 0 Å². The highest BCUT2D eigenvalue weighted by molar-refractivity contribution is 9.10. The lowest BCUT2D eigenvalue weighted by molar-refractivity contribution is -0.142. The van der Waals surface area contributed by atoms with Crippen LogP contribution in [0.15, 0.2) is 45.3 Å². The Bertz CT molecular complexity index is 635. The van der Waals surface area contributed by atoms with Gasteiger partial charge in [-0.3, -0.25) is 9.69 Å². The van der Waals surface area contributed by atoms with E-state index in [0.717, 1.165) is 40.9 Å². The standard InChI is InChI=1S/C16H16BrNO3/c17-12-5-3-11(4-6-12)15-8-7-13(21-15)10-18-9-1-2-14(18)16(19)20/h3-8,14H,1-2,9-10H2,(H,19,20)/t14-/m1/s1. The van der Waals surface area contributed by atoms with E-state index in [1.807, 2.05) is 41.3 Å². The Morgan fingerprint density at radius 1 is 1.29 bits per heavy atom. The van der Waals surface area contributed by atoms with Gasteiger partial charge in [-0.15, -0.1) is 0 Å². The molecule has 1 fully saturated rings. The summed E-state index contributed by atoms with van der Waals surface area (Å²) in [6, 6.07) is 11.4. The SMILES string of the molecule is O=C(O)[C@H]1CCCN1Cc1ccc(-c2ccc(Br)cc2)o1. The van der Waals surface area contributed by atoms with Crippen molar-refractivity contribution in [1.82, 2.24) is 4.90 Å². The molecule has 1 aliphatic heterocycles. The van der Waals surface area contributed by atoms with Gasteiger partial charge in [0.2, 0.25) is 0 Å². The first kappa shape index (κ1) is 14.4. The van der Waals surface area contributed by atoms with Crippen molar-refractivity contribution in [3.05, 3.63) is 46.6 Å². The number of furan rings is 1. The summed E-state index contributed by atoms with van der Waals surface area (Å²) in [4.78, 5) is 13.1. The number of nitrogens with zero attached hydrogens (tertiary/aromatic N) is 1. The van der Waals surface area contributed by atoms with Crippen molar-refractivity contribution in [1.29, 1.82) is 0 Å². The zero-order valence-corrected chi connectivity index (χ0v) is 13.0. The van der Waals surface area contributed by atoms with Gasteiger partial charge in [0.15, 0.2) is 0 Å². The lowest BCUT2D eigenvalue weighted by atomic mass is 10.2. The summed E-state index contributed by atoms with van der Waals surface area (Å²) in [5.41, 5.74) is 1.01. The number of aliphatic carboxylic acids is 1. The third-order valence-corrected chi connectivity index (χ3v) is 4.33. The van der Waals surface area contributed by atoms with Crippen LogP contribution in [0.2, 0.25) is 0 Å². The molecule has 1 aromatic carbocycles. The van der Waals surface area contributed by atoms with E-state index in [0.29, 0.717) is 6.54 Å². The van der Waals surface area contributed by atoms with Gasteiger partial charge >= 0.3 is 5.97 Å². The van der Waals surface area contributed by atoms with E-state index >= 15 is 0 Å². The van der Waals surface area contributed by atoms with Crippen LogP contribution in [0, 0.1) is 0 Å². The van der Waals surface area contributed by atoms with Crippen molar-refractivity contribution in [3.8, 4) is 11.3 Å². The molecule has 0 aliphatic carbocycles. The zero-order chi connectivity index (χ0) is 14.8. The van der Waals surface area contributed by atoms with Gasteiger partial charge in [0.1, 0.15) is 17.6 Å². The summed E-state index contributed by atoms with van der Waals surface area (Å²) >= 11 is 3.41. The van der Waals surface area contributed by atoms with Crippen molar-refractivity contribution in [2.75, 3.05) is 6.54 Å². The van der Waals surface area contributed by atoms with Crippen LogP contribution in [-0.2, 0) is 11.3 Å². The smallest absolute Gasteiger partial charge is 0.320 e. The quantitative estimate of drug-likeness (QED) is 0.912. The maximum absolute atomic E-state index is 11.2. The molecule has 110 valence electrons. The van der Waals surface area contributed by atoms with Gasteiger partial charge in [0.25, 0.3) is 0 Å². The average molecular weight is 350 g/mol. The second kappa shape index (κ2) is 6.03. The molecule has 2 heterocycles. The highest BCUT2D eigenvalue weighted by atomic mass is 79.9. The van der Waals surface area contributed by atoms with Crippen LogP contribution < -0.4 is 0 Å². The number of hydrogen-bond donors (Lipinski definition) is 1. The number of hydrogen-bond acceptors (Lipinski definition) is 3. The van der Waals surface area contributed by atoms with Gasteiger partial charge in [-0.25, -0.2) is 0 Å². The minimum atomic E-state index is -0.743. The molecule has 2 aromatic rings. The van der Waals surface area contributed by atoms with E-state index in [9.17, 15) is 9.90 Å². The maximum Gasteiger partial charge on any atom is 0.320 e. The Hall–Kier alpha value is -1.59. The third kappa shape index (κ3) is 3.19. The van der Waals surface area contributed by atoms with Crippen LogP contribution in [0.3, 0.4) is 0 Å². The monoisotopic (exact) mass is 349 g/mol. The molecule has 4 nitrogen and oxygen atoms in total. The third-order valence-electron chi connectivity index (χ3n) is 3.80. The minimum absolute atomic E-state index is 0.383. The summed E-state index contributed by atoms with van der Waals surface area (Å²) in [7, 11) is 0. The Balaban J connectivity index is 1.73. The molecule has 1 aliphatic rings. The van der Waals surface area contributed by atoms with E-state index in [4.69, 9.17) is 4.42 Å². The fraction of sp³-hybridized carbons (Fsp3) is 0.312. The van der Waals surface area contributed by atoms with Gasteiger partial charge in [-0.2, -0.15) is 0 Å². The predicted molar refractivity (Wildman–Crippen MR) is 82.9 cm³/mol. The van der Waals surface area contributed by atoms with Gasteiger partial charge < -0.3 is 9.52 Å². The molecule has 1 aromatic heterocycles. The van der Waals surface area contributed by atoms with E-state index in [1.165, 1.54) is 0 Å². The summed E-state index contributed by atoms with van der Waals surface area (Å²) in [5.74, 6) is 0.872. The molecule has 0 spiro atoms. The first-order chi connectivity index (χ1) is 10.1. The molecular weight excluding hydrogens is 334 g/mol. The summed E-state index contributed by atoms with van der Waals surface area (Å²) < 4.78 is 6.88. The number of carboxylic acid groups (broad SMARTS) is 1. The largest absolute Gasteiger partial charge is 0.480 e. The van der Waals surface area contributed by atoms with Crippen LogP contribution >= 0.6 is 15.9 Å². The van der Waals surface area contributed by atoms with Gasteiger partial charge in [0.05, 0.1) is 6.54 Å². The molecule has 0 unspecified atom stereocenters. The van der Waals surface area contributed by atoms with E-state index in [2.05, 4.69) is 15.9 Å². The average Bonchev–Trinajstić information content (AvgIpc) is 3.09. The first-order valence-corrected chi connectivity index (χ1v) is 7.74. The number of benzene rings is 1. The molecule has 1 N–H and O–H groups in total. The highest BCUT2D eigenvalue weighted by Gasteiger charge is 2.30. The Kier molecular flexibility index (Phi) is 4.12. The molecule has 1 saturated heterocycles. The predicted octanol–water partition coefficient (Wildman–Crippen LogP) is 3.76. The number of carboxylic acids is 1. The lowest BCUT2D eigenvalue weighted by Crippen LogP contribution is -2.35. The second-order valence-electron chi connectivity index (χ2n) is 5.24. The molecule has 5 heteroatoms. The topological polar surface area (TPSA) is 53.7 Å². The van der Waals surface area contributed by atoms with Crippen LogP contribution in [0.4, 0.5) is 0 Å². The Morgan fingerprint density at radius 3 is 2.76 bits per heavy atom. The van der Waals surface area contributed by atoms with Crippen molar-refractivity contribution in [2.24, 2.45) is 0 Å².